The summed E-state index contributed by atoms with van der Waals surface area (Å²) in [6, 6.07) is 12.9. The summed E-state index contributed by atoms with van der Waals surface area (Å²) in [7, 11) is -4.08. The van der Waals surface area contributed by atoms with Crippen LogP contribution >= 0.6 is 11.6 Å². The van der Waals surface area contributed by atoms with Gasteiger partial charge in [-0.05, 0) is 36.4 Å². The van der Waals surface area contributed by atoms with Gasteiger partial charge in [-0.25, -0.2) is 8.42 Å². The molecule has 0 bridgehead atoms. The van der Waals surface area contributed by atoms with Gasteiger partial charge in [0.25, 0.3) is 21.8 Å². The topological polar surface area (TPSA) is 140 Å². The number of nitrogen functional groups attached to an aromatic ring is 1. The van der Waals surface area contributed by atoms with Crippen LogP contribution in [0.5, 0.6) is 0 Å². The largest absolute Gasteiger partial charge is 0.367 e. The van der Waals surface area contributed by atoms with Crippen molar-refractivity contribution in [2.24, 2.45) is 0 Å². The lowest BCUT2D eigenvalue weighted by Crippen LogP contribution is -2.36. The maximum Gasteiger partial charge on any atom is 0.261 e. The summed E-state index contributed by atoms with van der Waals surface area (Å²) in [5.41, 5.74) is 6.79. The van der Waals surface area contributed by atoms with Gasteiger partial charge in [0.1, 0.15) is 0 Å². The predicted molar refractivity (Wildman–Crippen MR) is 110 cm³/mol. The summed E-state index contributed by atoms with van der Waals surface area (Å²) in [5.74, 6) is -2.02. The highest BCUT2D eigenvalue weighted by atomic mass is 35.5. The first kappa shape index (κ1) is 19.9. The van der Waals surface area contributed by atoms with E-state index < -0.39 is 27.6 Å². The molecule has 30 heavy (non-hydrogen) atoms. The zero-order chi connectivity index (χ0) is 21.5. The fourth-order valence-corrected chi connectivity index (χ4v) is 4.21. The van der Waals surface area contributed by atoms with Crippen LogP contribution in [0.3, 0.4) is 0 Å². The van der Waals surface area contributed by atoms with Crippen LogP contribution in [-0.2, 0) is 10.0 Å². The Morgan fingerprint density at radius 2 is 1.60 bits per heavy atom. The summed E-state index contributed by atoms with van der Waals surface area (Å²) in [6.07, 6.45) is 0. The highest BCUT2D eigenvalue weighted by molar-refractivity contribution is 7.89. The highest BCUT2D eigenvalue weighted by Gasteiger charge is 2.36. The molecule has 0 fully saturated rings. The van der Waals surface area contributed by atoms with E-state index in [-0.39, 0.29) is 29.6 Å². The Morgan fingerprint density at radius 1 is 1.00 bits per heavy atom. The monoisotopic (exact) mass is 446 g/mol. The maximum atomic E-state index is 12.7. The molecule has 2 heterocycles. The number of hydrogen-bond acceptors (Lipinski definition) is 8. The van der Waals surface area contributed by atoms with Crippen molar-refractivity contribution >= 4 is 51.0 Å². The van der Waals surface area contributed by atoms with Gasteiger partial charge in [0.2, 0.25) is 11.9 Å². The molecule has 1 aromatic heterocycles. The first-order valence-corrected chi connectivity index (χ1v) is 10.7. The number of fused-ring (bicyclic) bond motifs is 1. The number of halogens is 1. The van der Waals surface area contributed by atoms with Crippen molar-refractivity contribution < 1.29 is 18.0 Å². The number of amides is 2. The summed E-state index contributed by atoms with van der Waals surface area (Å²) in [6.45, 7) is -0.339. The molecular formula is C18H15ClN6O4S. The van der Waals surface area contributed by atoms with E-state index in [2.05, 4.69) is 15.4 Å². The first-order valence-electron chi connectivity index (χ1n) is 8.70. The average molecular weight is 447 g/mol. The third-order valence-electron chi connectivity index (χ3n) is 4.42. The zero-order valence-electron chi connectivity index (χ0n) is 15.3. The Morgan fingerprint density at radius 3 is 2.20 bits per heavy atom. The Bertz CT molecular complexity index is 1220. The van der Waals surface area contributed by atoms with Crippen molar-refractivity contribution in [1.82, 2.24) is 19.1 Å². The summed E-state index contributed by atoms with van der Waals surface area (Å²) >= 11 is 5.83. The van der Waals surface area contributed by atoms with E-state index in [0.717, 1.165) is 4.90 Å². The third-order valence-corrected chi connectivity index (χ3v) is 6.16. The Balaban J connectivity index is 1.49. The van der Waals surface area contributed by atoms with Gasteiger partial charge in [0.15, 0.2) is 0 Å². The molecule has 0 saturated carbocycles. The standard InChI is InChI=1S/C18H15ClN6O4S/c19-11-5-7-12(8-6-11)21-18-22-17(20)25(23-18)30(28,29)10-9-24-15(26)13-3-1-2-4-14(13)16(24)27/h1-8H,9-10H2,(H3,20,21,22,23). The zero-order valence-corrected chi connectivity index (χ0v) is 16.9. The van der Waals surface area contributed by atoms with Gasteiger partial charge in [-0.3, -0.25) is 14.5 Å². The van der Waals surface area contributed by atoms with Crippen molar-refractivity contribution in [3.63, 3.8) is 0 Å². The molecule has 3 aromatic rings. The van der Waals surface area contributed by atoms with Crippen LogP contribution in [-0.4, -0.2) is 51.6 Å². The van der Waals surface area contributed by atoms with Crippen molar-refractivity contribution in [3.8, 4) is 0 Å². The second kappa shape index (κ2) is 7.43. The van der Waals surface area contributed by atoms with Crippen molar-refractivity contribution in [2.75, 3.05) is 23.3 Å². The van der Waals surface area contributed by atoms with E-state index in [1.165, 1.54) is 12.1 Å². The van der Waals surface area contributed by atoms with Gasteiger partial charge < -0.3 is 11.1 Å². The lowest BCUT2D eigenvalue weighted by Gasteiger charge is -2.13. The van der Waals surface area contributed by atoms with Crippen LogP contribution in [0.1, 0.15) is 20.7 Å². The fourth-order valence-electron chi connectivity index (χ4n) is 2.97. The van der Waals surface area contributed by atoms with Crippen molar-refractivity contribution in [1.29, 1.82) is 0 Å². The fraction of sp³-hybridized carbons (Fsp3) is 0.111. The predicted octanol–water partition coefficient (Wildman–Crippen LogP) is 1.73. The molecule has 0 unspecified atom stereocenters. The minimum Gasteiger partial charge on any atom is -0.367 e. The summed E-state index contributed by atoms with van der Waals surface area (Å²) in [4.78, 5) is 29.6. The van der Waals surface area contributed by atoms with Crippen LogP contribution in [0.25, 0.3) is 0 Å². The van der Waals surface area contributed by atoms with E-state index >= 15 is 0 Å². The maximum absolute atomic E-state index is 12.7. The third kappa shape index (κ3) is 3.60. The van der Waals surface area contributed by atoms with Crippen LogP contribution < -0.4 is 11.1 Å². The molecule has 1 aliphatic heterocycles. The molecule has 0 aliphatic carbocycles. The molecule has 0 radical (unpaired) electrons. The highest BCUT2D eigenvalue weighted by Crippen LogP contribution is 2.23. The first-order chi connectivity index (χ1) is 14.3. The van der Waals surface area contributed by atoms with Crippen LogP contribution in [0.4, 0.5) is 17.6 Å². The number of nitrogens with two attached hydrogens (primary N) is 1. The van der Waals surface area contributed by atoms with E-state index in [4.69, 9.17) is 17.3 Å². The van der Waals surface area contributed by atoms with Gasteiger partial charge in [0, 0.05) is 17.3 Å². The molecule has 12 heteroatoms. The second-order valence-electron chi connectivity index (χ2n) is 6.39. The number of benzene rings is 2. The molecule has 10 nitrogen and oxygen atoms in total. The van der Waals surface area contributed by atoms with Gasteiger partial charge >= 0.3 is 0 Å². The number of nitrogens with zero attached hydrogens (tertiary/aromatic N) is 4. The molecule has 154 valence electrons. The van der Waals surface area contributed by atoms with Crippen LogP contribution in [0.15, 0.2) is 48.5 Å². The molecule has 2 amide bonds. The van der Waals surface area contributed by atoms with Gasteiger partial charge in [0.05, 0.1) is 16.9 Å². The van der Waals surface area contributed by atoms with Crippen molar-refractivity contribution in [3.05, 3.63) is 64.7 Å². The van der Waals surface area contributed by atoms with E-state index in [1.807, 2.05) is 0 Å². The SMILES string of the molecule is Nc1nc(Nc2ccc(Cl)cc2)nn1S(=O)(=O)CCN1C(=O)c2ccccc2C1=O. The molecule has 2 aromatic carbocycles. The lowest BCUT2D eigenvalue weighted by atomic mass is 10.1. The van der Waals surface area contributed by atoms with Crippen molar-refractivity contribution in [2.45, 2.75) is 0 Å². The second-order valence-corrected chi connectivity index (χ2v) is 8.75. The normalized spacial score (nSPS) is 13.6. The summed E-state index contributed by atoms with van der Waals surface area (Å²) < 4.78 is 26.0. The van der Waals surface area contributed by atoms with Gasteiger partial charge in [-0.1, -0.05) is 23.7 Å². The summed E-state index contributed by atoms with van der Waals surface area (Å²) in [5, 5.41) is 7.24. The van der Waals surface area contributed by atoms with E-state index in [0.29, 0.717) is 14.8 Å². The number of aromatic nitrogens is 3. The minimum atomic E-state index is -4.08. The number of hydrogen-bond donors (Lipinski definition) is 2. The Labute approximate surface area is 176 Å². The van der Waals surface area contributed by atoms with Gasteiger partial charge in [-0.15, -0.1) is 9.19 Å². The minimum absolute atomic E-state index is 0.0286. The smallest absolute Gasteiger partial charge is 0.261 e. The number of nitrogens with one attached hydrogen (secondary N) is 1. The van der Waals surface area contributed by atoms with E-state index in [9.17, 15) is 18.0 Å². The van der Waals surface area contributed by atoms with E-state index in [1.54, 1.807) is 36.4 Å². The number of anilines is 3. The van der Waals surface area contributed by atoms with Gasteiger partial charge in [-0.2, -0.15) is 4.98 Å². The lowest BCUT2D eigenvalue weighted by molar-refractivity contribution is 0.0664. The molecule has 3 N–H and O–H groups in total. The molecule has 0 spiro atoms. The molecular weight excluding hydrogens is 432 g/mol. The Kier molecular flexibility index (Phi) is 4.92. The molecule has 4 rings (SSSR count). The molecule has 0 saturated heterocycles. The number of imide groups is 1. The van der Waals surface area contributed by atoms with Crippen LogP contribution in [0, 0.1) is 0 Å². The number of rotatable bonds is 6. The average Bonchev–Trinajstić information content (AvgIpc) is 3.21. The molecule has 0 atom stereocenters. The van der Waals surface area contributed by atoms with Crippen LogP contribution in [0.2, 0.25) is 5.02 Å². The number of carbonyl (C=O) groups is 2. The number of carbonyl (C=O) groups excluding carboxylic acids is 2. The molecule has 1 aliphatic rings. The Hall–Kier alpha value is -3.44. The quantitative estimate of drug-likeness (QED) is 0.545.